The van der Waals surface area contributed by atoms with Crippen molar-refractivity contribution in [1.29, 1.82) is 0 Å². The average Bonchev–Trinajstić information content (AvgIpc) is 2.48. The summed E-state index contributed by atoms with van der Waals surface area (Å²) in [4.78, 5) is 29.8. The molecule has 0 saturated carbocycles. The first-order valence-electron chi connectivity index (χ1n) is 7.64. The van der Waals surface area contributed by atoms with Crippen molar-refractivity contribution in [3.8, 4) is 0 Å². The monoisotopic (exact) mass is 289 g/mol. The molecule has 1 aliphatic rings. The summed E-state index contributed by atoms with van der Waals surface area (Å²) in [5.74, 6) is -0.0147. The van der Waals surface area contributed by atoms with Crippen LogP contribution < -0.4 is 5.32 Å². The Bertz CT molecular complexity index is 476. The van der Waals surface area contributed by atoms with Crippen molar-refractivity contribution < 1.29 is 9.59 Å². The van der Waals surface area contributed by atoms with E-state index in [1.165, 1.54) is 0 Å². The highest BCUT2D eigenvalue weighted by molar-refractivity contribution is 5.85. The third-order valence-electron chi connectivity index (χ3n) is 3.82. The Balaban J connectivity index is 1.86. The maximum atomic E-state index is 12.1. The number of likely N-dealkylation sites (tertiary alicyclic amines) is 1. The van der Waals surface area contributed by atoms with Crippen molar-refractivity contribution in [2.24, 2.45) is 0 Å². The highest BCUT2D eigenvalue weighted by atomic mass is 16.2. The Kier molecular flexibility index (Phi) is 5.72. The quantitative estimate of drug-likeness (QED) is 0.922. The van der Waals surface area contributed by atoms with E-state index in [2.05, 4.69) is 10.3 Å². The van der Waals surface area contributed by atoms with Crippen LogP contribution in [-0.4, -0.2) is 34.8 Å². The van der Waals surface area contributed by atoms with E-state index in [4.69, 9.17) is 0 Å². The average molecular weight is 289 g/mol. The number of hydrogen-bond acceptors (Lipinski definition) is 3. The fourth-order valence-electron chi connectivity index (χ4n) is 2.56. The second-order valence-corrected chi connectivity index (χ2v) is 5.56. The number of amides is 2. The molecule has 0 aromatic carbocycles. The van der Waals surface area contributed by atoms with E-state index in [0.29, 0.717) is 13.0 Å². The Morgan fingerprint density at radius 1 is 1.38 bits per heavy atom. The molecule has 1 N–H and O–H groups in total. The number of aromatic nitrogens is 1. The van der Waals surface area contributed by atoms with Crippen LogP contribution in [0.1, 0.15) is 50.6 Å². The number of nitrogens with zero attached hydrogens (tertiary/aromatic N) is 2. The van der Waals surface area contributed by atoms with Crippen LogP contribution in [0.3, 0.4) is 0 Å². The minimum atomic E-state index is -0.111. The molecule has 1 saturated heterocycles. The summed E-state index contributed by atoms with van der Waals surface area (Å²) in [6, 6.07) is 3.68. The lowest BCUT2D eigenvalue weighted by molar-refractivity contribution is -0.136. The van der Waals surface area contributed by atoms with Crippen LogP contribution in [0, 0.1) is 0 Å². The van der Waals surface area contributed by atoms with E-state index in [-0.39, 0.29) is 24.4 Å². The van der Waals surface area contributed by atoms with Crippen LogP contribution in [0.5, 0.6) is 0 Å². The number of hydrogen-bond donors (Lipinski definition) is 1. The maximum absolute atomic E-state index is 12.1. The predicted octanol–water partition coefficient (Wildman–Crippen LogP) is 2.05. The Morgan fingerprint density at radius 2 is 2.19 bits per heavy atom. The highest BCUT2D eigenvalue weighted by Gasteiger charge is 2.19. The van der Waals surface area contributed by atoms with Crippen molar-refractivity contribution in [2.45, 2.75) is 45.1 Å². The minimum absolute atomic E-state index is 0.0962. The highest BCUT2D eigenvalue weighted by Crippen LogP contribution is 2.12. The summed E-state index contributed by atoms with van der Waals surface area (Å²) in [5, 5.41) is 2.93. The number of carbonyl (C=O) groups excluding carboxylic acids is 2. The van der Waals surface area contributed by atoms with Gasteiger partial charge in [0.2, 0.25) is 11.8 Å². The molecule has 2 rings (SSSR count). The third kappa shape index (κ3) is 4.85. The summed E-state index contributed by atoms with van der Waals surface area (Å²) < 4.78 is 0. The fourth-order valence-corrected chi connectivity index (χ4v) is 2.56. The van der Waals surface area contributed by atoms with Crippen molar-refractivity contribution >= 4 is 11.8 Å². The molecule has 21 heavy (non-hydrogen) atoms. The zero-order valence-electron chi connectivity index (χ0n) is 12.5. The molecule has 1 unspecified atom stereocenters. The number of nitrogens with one attached hydrogen (secondary N) is 1. The van der Waals surface area contributed by atoms with E-state index >= 15 is 0 Å². The van der Waals surface area contributed by atoms with Crippen LogP contribution in [0.2, 0.25) is 0 Å². The molecule has 1 aromatic heterocycles. The molecule has 2 heterocycles. The zero-order valence-corrected chi connectivity index (χ0v) is 12.5. The molecule has 0 radical (unpaired) electrons. The van der Waals surface area contributed by atoms with E-state index in [0.717, 1.165) is 31.2 Å². The molecule has 0 aliphatic carbocycles. The molecule has 0 spiro atoms. The molecule has 1 atom stereocenters. The second-order valence-electron chi connectivity index (χ2n) is 5.56. The maximum Gasteiger partial charge on any atom is 0.240 e. The predicted molar refractivity (Wildman–Crippen MR) is 80.5 cm³/mol. The smallest absolute Gasteiger partial charge is 0.240 e. The van der Waals surface area contributed by atoms with Crippen LogP contribution in [-0.2, 0) is 9.59 Å². The van der Waals surface area contributed by atoms with E-state index in [1.54, 1.807) is 17.3 Å². The molecule has 0 bridgehead atoms. The summed E-state index contributed by atoms with van der Waals surface area (Å²) >= 11 is 0. The van der Waals surface area contributed by atoms with Gasteiger partial charge in [-0.15, -0.1) is 0 Å². The van der Waals surface area contributed by atoms with Crippen LogP contribution in [0.15, 0.2) is 24.5 Å². The van der Waals surface area contributed by atoms with Crippen LogP contribution in [0.25, 0.3) is 0 Å². The van der Waals surface area contributed by atoms with Gasteiger partial charge in [0.1, 0.15) is 0 Å². The zero-order chi connectivity index (χ0) is 15.1. The van der Waals surface area contributed by atoms with Gasteiger partial charge in [0.15, 0.2) is 0 Å². The van der Waals surface area contributed by atoms with E-state index in [1.807, 2.05) is 19.1 Å². The van der Waals surface area contributed by atoms with Gasteiger partial charge in [-0.05, 0) is 31.4 Å². The van der Waals surface area contributed by atoms with Crippen LogP contribution in [0.4, 0.5) is 0 Å². The third-order valence-corrected chi connectivity index (χ3v) is 3.82. The van der Waals surface area contributed by atoms with Crippen LogP contribution >= 0.6 is 0 Å². The Morgan fingerprint density at radius 3 is 2.95 bits per heavy atom. The minimum Gasteiger partial charge on any atom is -0.348 e. The van der Waals surface area contributed by atoms with Gasteiger partial charge < -0.3 is 10.2 Å². The summed E-state index contributed by atoms with van der Waals surface area (Å²) in [6.45, 7) is 2.77. The molecule has 2 amide bonds. The van der Waals surface area contributed by atoms with Crippen molar-refractivity contribution in [2.75, 3.05) is 13.1 Å². The lowest BCUT2D eigenvalue weighted by Crippen LogP contribution is -2.42. The second kappa shape index (κ2) is 7.76. The topological polar surface area (TPSA) is 62.3 Å². The van der Waals surface area contributed by atoms with Gasteiger partial charge in [-0.25, -0.2) is 0 Å². The Hall–Kier alpha value is -1.91. The van der Waals surface area contributed by atoms with Gasteiger partial charge in [0, 0.05) is 25.4 Å². The van der Waals surface area contributed by atoms with E-state index in [9.17, 15) is 9.59 Å². The number of carbonyl (C=O) groups is 2. The van der Waals surface area contributed by atoms with Crippen molar-refractivity contribution in [3.05, 3.63) is 30.1 Å². The number of pyridine rings is 1. The summed E-state index contributed by atoms with van der Waals surface area (Å²) in [7, 11) is 0. The normalized spacial score (nSPS) is 17.8. The lowest BCUT2D eigenvalue weighted by Gasteiger charge is -2.25. The standard InChI is InChI=1S/C16H23N3O2/c1-13(14-7-6-9-17-11-14)18-15(20)12-19-10-5-3-2-4-8-16(19)21/h6-7,9,11,13H,2-5,8,10,12H2,1H3,(H,18,20). The number of rotatable bonds is 4. The molecular formula is C16H23N3O2. The van der Waals surface area contributed by atoms with Gasteiger partial charge in [0.25, 0.3) is 0 Å². The first-order chi connectivity index (χ1) is 10.2. The van der Waals surface area contributed by atoms with Gasteiger partial charge in [-0.3, -0.25) is 14.6 Å². The molecule has 5 nitrogen and oxygen atoms in total. The fraction of sp³-hybridized carbons (Fsp3) is 0.562. The summed E-state index contributed by atoms with van der Waals surface area (Å²) in [5.41, 5.74) is 0.963. The molecule has 5 heteroatoms. The SMILES string of the molecule is CC(NC(=O)CN1CCCCCCC1=O)c1cccnc1. The van der Waals surface area contributed by atoms with Crippen molar-refractivity contribution in [3.63, 3.8) is 0 Å². The van der Waals surface area contributed by atoms with Gasteiger partial charge in [-0.1, -0.05) is 18.9 Å². The van der Waals surface area contributed by atoms with Crippen molar-refractivity contribution in [1.82, 2.24) is 15.2 Å². The largest absolute Gasteiger partial charge is 0.348 e. The molecular weight excluding hydrogens is 266 g/mol. The van der Waals surface area contributed by atoms with Gasteiger partial charge in [-0.2, -0.15) is 0 Å². The molecule has 1 aromatic rings. The summed E-state index contributed by atoms with van der Waals surface area (Å²) in [6.07, 6.45) is 8.18. The lowest BCUT2D eigenvalue weighted by atomic mass is 10.1. The molecule has 1 aliphatic heterocycles. The van der Waals surface area contributed by atoms with Gasteiger partial charge in [0.05, 0.1) is 12.6 Å². The van der Waals surface area contributed by atoms with Gasteiger partial charge >= 0.3 is 0 Å². The van der Waals surface area contributed by atoms with E-state index < -0.39 is 0 Å². The first-order valence-corrected chi connectivity index (χ1v) is 7.64. The first kappa shape index (κ1) is 15.5. The molecule has 114 valence electrons. The molecule has 1 fully saturated rings. The Labute approximate surface area is 125 Å².